The number of aromatic hydroxyl groups is 1. The van der Waals surface area contributed by atoms with Gasteiger partial charge in [0.15, 0.2) is 18.1 Å². The Labute approximate surface area is 140 Å². The average Bonchev–Trinajstić information content (AvgIpc) is 3.01. The van der Waals surface area contributed by atoms with Crippen molar-refractivity contribution in [3.05, 3.63) is 60.8 Å². The van der Waals surface area contributed by atoms with E-state index in [0.717, 1.165) is 13.0 Å². The number of amides is 1. The molecule has 5 heteroatoms. The fourth-order valence-electron chi connectivity index (χ4n) is 2.59. The van der Waals surface area contributed by atoms with Crippen molar-refractivity contribution < 1.29 is 14.6 Å². The number of rotatable bonds is 7. The maximum absolute atomic E-state index is 11.8. The first-order valence-electron chi connectivity index (χ1n) is 7.95. The van der Waals surface area contributed by atoms with Gasteiger partial charge in [-0.3, -0.25) is 4.79 Å². The monoisotopic (exact) mass is 324 g/mol. The first kappa shape index (κ1) is 15.9. The number of nitrogens with one attached hydrogen (secondary N) is 1. The summed E-state index contributed by atoms with van der Waals surface area (Å²) in [4.78, 5) is 11.8. The second kappa shape index (κ2) is 7.55. The summed E-state index contributed by atoms with van der Waals surface area (Å²) >= 11 is 0. The van der Waals surface area contributed by atoms with Gasteiger partial charge in [-0.25, -0.2) is 0 Å². The van der Waals surface area contributed by atoms with E-state index in [1.54, 1.807) is 18.2 Å². The molecule has 0 saturated carbocycles. The predicted octanol–water partition coefficient (Wildman–Crippen LogP) is 2.93. The molecule has 0 spiro atoms. The van der Waals surface area contributed by atoms with Gasteiger partial charge >= 0.3 is 0 Å². The molecule has 2 aromatic carbocycles. The fourth-order valence-corrected chi connectivity index (χ4v) is 2.59. The normalized spacial score (nSPS) is 10.7. The summed E-state index contributed by atoms with van der Waals surface area (Å²) in [7, 11) is 0. The molecule has 0 bridgehead atoms. The number of para-hydroxylation sites is 3. The molecule has 5 nitrogen and oxygen atoms in total. The van der Waals surface area contributed by atoms with E-state index in [9.17, 15) is 9.90 Å². The van der Waals surface area contributed by atoms with Crippen molar-refractivity contribution in [2.24, 2.45) is 0 Å². The molecule has 0 aliphatic heterocycles. The number of fused-ring (bicyclic) bond motifs is 1. The predicted molar refractivity (Wildman–Crippen MR) is 93.2 cm³/mol. The van der Waals surface area contributed by atoms with E-state index in [-0.39, 0.29) is 18.3 Å². The van der Waals surface area contributed by atoms with Gasteiger partial charge < -0.3 is 19.7 Å². The lowest BCUT2D eigenvalue weighted by Crippen LogP contribution is -2.30. The van der Waals surface area contributed by atoms with Crippen LogP contribution in [0.1, 0.15) is 6.42 Å². The highest BCUT2D eigenvalue weighted by molar-refractivity contribution is 5.80. The fraction of sp³-hybridized carbons (Fsp3) is 0.211. The van der Waals surface area contributed by atoms with Crippen molar-refractivity contribution in [2.75, 3.05) is 13.2 Å². The lowest BCUT2D eigenvalue weighted by Gasteiger charge is -2.09. The quantitative estimate of drug-likeness (QED) is 0.657. The van der Waals surface area contributed by atoms with E-state index in [4.69, 9.17) is 4.74 Å². The summed E-state index contributed by atoms with van der Waals surface area (Å²) in [5.41, 5.74) is 1.20. The highest BCUT2D eigenvalue weighted by atomic mass is 16.5. The van der Waals surface area contributed by atoms with Crippen molar-refractivity contribution in [1.29, 1.82) is 0 Å². The van der Waals surface area contributed by atoms with Gasteiger partial charge in [0.2, 0.25) is 0 Å². The molecule has 3 aromatic rings. The van der Waals surface area contributed by atoms with Crippen LogP contribution in [0.5, 0.6) is 11.5 Å². The average molecular weight is 324 g/mol. The molecule has 24 heavy (non-hydrogen) atoms. The van der Waals surface area contributed by atoms with Gasteiger partial charge in [-0.1, -0.05) is 30.3 Å². The van der Waals surface area contributed by atoms with Crippen LogP contribution in [-0.2, 0) is 11.3 Å². The number of nitrogens with zero attached hydrogens (tertiary/aromatic N) is 1. The number of hydrogen-bond donors (Lipinski definition) is 2. The second-order valence-corrected chi connectivity index (χ2v) is 5.53. The maximum atomic E-state index is 11.8. The maximum Gasteiger partial charge on any atom is 0.257 e. The smallest absolute Gasteiger partial charge is 0.257 e. The van der Waals surface area contributed by atoms with E-state index < -0.39 is 0 Å². The van der Waals surface area contributed by atoms with E-state index >= 15 is 0 Å². The number of carbonyl (C=O) groups excluding carboxylic acids is 1. The summed E-state index contributed by atoms with van der Waals surface area (Å²) in [6.07, 6.45) is 2.90. The molecule has 0 atom stereocenters. The van der Waals surface area contributed by atoms with Crippen LogP contribution in [0.4, 0.5) is 0 Å². The molecule has 2 N–H and O–H groups in total. The minimum absolute atomic E-state index is 0.0322. The molecule has 0 radical (unpaired) electrons. The number of hydrogen-bond acceptors (Lipinski definition) is 3. The summed E-state index contributed by atoms with van der Waals surface area (Å²) in [5, 5.41) is 13.6. The SMILES string of the molecule is O=C(COc1ccccc1O)NCCCn1ccc2ccccc21. The number of ether oxygens (including phenoxy) is 1. The lowest BCUT2D eigenvalue weighted by molar-refractivity contribution is -0.123. The molecular formula is C19H20N2O3. The minimum Gasteiger partial charge on any atom is -0.504 e. The van der Waals surface area contributed by atoms with E-state index in [0.29, 0.717) is 12.3 Å². The zero-order chi connectivity index (χ0) is 16.8. The van der Waals surface area contributed by atoms with Gasteiger partial charge in [-0.15, -0.1) is 0 Å². The Hall–Kier alpha value is -2.95. The molecule has 0 aliphatic carbocycles. The Bertz CT molecular complexity index is 826. The second-order valence-electron chi connectivity index (χ2n) is 5.53. The third kappa shape index (κ3) is 3.87. The Morgan fingerprint density at radius 2 is 1.88 bits per heavy atom. The Kier molecular flexibility index (Phi) is 5.01. The van der Waals surface area contributed by atoms with E-state index in [1.165, 1.54) is 17.0 Å². The van der Waals surface area contributed by atoms with Crippen LogP contribution in [0.3, 0.4) is 0 Å². The van der Waals surface area contributed by atoms with Crippen LogP contribution in [0, 0.1) is 0 Å². The third-order valence-electron chi connectivity index (χ3n) is 3.80. The van der Waals surface area contributed by atoms with Crippen LogP contribution < -0.4 is 10.1 Å². The number of phenols is 1. The van der Waals surface area contributed by atoms with Gasteiger partial charge in [0.25, 0.3) is 5.91 Å². The van der Waals surface area contributed by atoms with Crippen molar-refractivity contribution >= 4 is 16.8 Å². The van der Waals surface area contributed by atoms with Crippen LogP contribution in [0.15, 0.2) is 60.8 Å². The molecule has 3 rings (SSSR count). The molecule has 0 fully saturated rings. The Morgan fingerprint density at radius 1 is 1.08 bits per heavy atom. The Morgan fingerprint density at radius 3 is 2.75 bits per heavy atom. The number of carbonyl (C=O) groups is 1. The number of aryl methyl sites for hydroxylation is 1. The van der Waals surface area contributed by atoms with E-state index in [2.05, 4.69) is 34.3 Å². The number of aromatic nitrogens is 1. The van der Waals surface area contributed by atoms with E-state index in [1.807, 2.05) is 12.1 Å². The molecule has 0 unspecified atom stereocenters. The summed E-state index contributed by atoms with van der Waals surface area (Å²) < 4.78 is 7.47. The van der Waals surface area contributed by atoms with Crippen LogP contribution in [0.2, 0.25) is 0 Å². The van der Waals surface area contributed by atoms with Crippen molar-refractivity contribution in [3.8, 4) is 11.5 Å². The van der Waals surface area contributed by atoms with Crippen molar-refractivity contribution in [2.45, 2.75) is 13.0 Å². The molecule has 1 amide bonds. The van der Waals surface area contributed by atoms with Gasteiger partial charge in [0.1, 0.15) is 0 Å². The standard InChI is InChI=1S/C19H20N2O3/c22-17-8-3-4-9-18(17)24-14-19(23)20-11-5-12-21-13-10-15-6-1-2-7-16(15)21/h1-4,6-10,13,22H,5,11-12,14H2,(H,20,23). The molecular weight excluding hydrogens is 304 g/mol. The first-order valence-corrected chi connectivity index (χ1v) is 7.95. The van der Waals surface area contributed by atoms with Gasteiger partial charge in [-0.05, 0) is 36.1 Å². The largest absolute Gasteiger partial charge is 0.504 e. The van der Waals surface area contributed by atoms with Gasteiger partial charge in [0, 0.05) is 24.8 Å². The third-order valence-corrected chi connectivity index (χ3v) is 3.80. The Balaban J connectivity index is 1.40. The first-order chi connectivity index (χ1) is 11.7. The highest BCUT2D eigenvalue weighted by Crippen LogP contribution is 2.23. The van der Waals surface area contributed by atoms with Crippen LogP contribution in [-0.4, -0.2) is 28.7 Å². The molecule has 1 aromatic heterocycles. The highest BCUT2D eigenvalue weighted by Gasteiger charge is 2.05. The van der Waals surface area contributed by atoms with Gasteiger partial charge in [-0.2, -0.15) is 0 Å². The summed E-state index contributed by atoms with van der Waals surface area (Å²) in [6, 6.07) is 16.9. The van der Waals surface area contributed by atoms with Gasteiger partial charge in [0.05, 0.1) is 0 Å². The van der Waals surface area contributed by atoms with Crippen LogP contribution >= 0.6 is 0 Å². The molecule has 1 heterocycles. The van der Waals surface area contributed by atoms with Crippen molar-refractivity contribution in [3.63, 3.8) is 0 Å². The number of benzene rings is 2. The minimum atomic E-state index is -0.199. The topological polar surface area (TPSA) is 63.5 Å². The summed E-state index contributed by atoms with van der Waals surface area (Å²) in [5.74, 6) is 0.145. The molecule has 0 aliphatic rings. The zero-order valence-corrected chi connectivity index (χ0v) is 13.3. The zero-order valence-electron chi connectivity index (χ0n) is 13.3. The summed E-state index contributed by atoms with van der Waals surface area (Å²) in [6.45, 7) is 1.31. The molecule has 0 saturated heterocycles. The van der Waals surface area contributed by atoms with Crippen LogP contribution in [0.25, 0.3) is 10.9 Å². The van der Waals surface area contributed by atoms with Crippen molar-refractivity contribution in [1.82, 2.24) is 9.88 Å². The molecule has 124 valence electrons. The lowest BCUT2D eigenvalue weighted by atomic mass is 10.2. The number of phenolic OH excluding ortho intramolecular Hbond substituents is 1.